The van der Waals surface area contributed by atoms with Gasteiger partial charge in [-0.3, -0.25) is 0 Å². The Labute approximate surface area is 80.7 Å². The van der Waals surface area contributed by atoms with E-state index in [2.05, 4.69) is 0 Å². The van der Waals surface area contributed by atoms with Gasteiger partial charge in [-0.05, 0) is 48.9 Å². The number of alkyl halides is 3. The van der Waals surface area contributed by atoms with Gasteiger partial charge in [0.15, 0.2) is 0 Å². The first-order valence-corrected chi connectivity index (χ1v) is 4.58. The molecule has 1 radical (unpaired) electrons. The molecule has 14 heavy (non-hydrogen) atoms. The van der Waals surface area contributed by atoms with Crippen LogP contribution in [0.1, 0.15) is 23.1 Å². The third-order valence-corrected chi connectivity index (χ3v) is 2.52. The lowest BCUT2D eigenvalue weighted by atomic mass is 9.90. The van der Waals surface area contributed by atoms with E-state index >= 15 is 0 Å². The molecule has 1 aromatic rings. The van der Waals surface area contributed by atoms with Crippen molar-refractivity contribution < 1.29 is 13.2 Å². The summed E-state index contributed by atoms with van der Waals surface area (Å²) in [6.07, 6.45) is 0.319. The molecule has 0 aromatic heterocycles. The Morgan fingerprint density at radius 1 is 1.07 bits per heavy atom. The number of hydrogen-bond acceptors (Lipinski definition) is 0. The number of halogens is 3. The van der Waals surface area contributed by atoms with Crippen LogP contribution in [0, 0.1) is 6.42 Å². The minimum Gasteiger partial charge on any atom is -0.166 e. The van der Waals surface area contributed by atoms with Gasteiger partial charge in [-0.15, -0.1) is 0 Å². The molecule has 0 heterocycles. The molecular formula is C11H10F3. The van der Waals surface area contributed by atoms with Crippen molar-refractivity contribution in [1.82, 2.24) is 0 Å². The van der Waals surface area contributed by atoms with Crippen molar-refractivity contribution in [3.8, 4) is 0 Å². The van der Waals surface area contributed by atoms with Crippen LogP contribution < -0.4 is 0 Å². The van der Waals surface area contributed by atoms with Crippen LogP contribution in [0.25, 0.3) is 0 Å². The van der Waals surface area contributed by atoms with E-state index in [0.29, 0.717) is 6.42 Å². The molecule has 0 saturated carbocycles. The maximum absolute atomic E-state index is 12.3. The van der Waals surface area contributed by atoms with Gasteiger partial charge >= 0.3 is 6.18 Å². The summed E-state index contributed by atoms with van der Waals surface area (Å²) in [7, 11) is 0. The topological polar surface area (TPSA) is 0 Å². The summed E-state index contributed by atoms with van der Waals surface area (Å²) in [6.45, 7) is 0. The summed E-state index contributed by atoms with van der Waals surface area (Å²) in [5, 5.41) is 0. The molecule has 75 valence electrons. The fraction of sp³-hybridized carbons (Fsp3) is 0.364. The number of aryl methyl sites for hydroxylation is 1. The highest BCUT2D eigenvalue weighted by atomic mass is 19.4. The van der Waals surface area contributed by atoms with Gasteiger partial charge in [-0.25, -0.2) is 0 Å². The Hall–Kier alpha value is -0.990. The summed E-state index contributed by atoms with van der Waals surface area (Å²) in [4.78, 5) is 0. The van der Waals surface area contributed by atoms with Crippen LogP contribution in [0.5, 0.6) is 0 Å². The molecule has 0 saturated heterocycles. The maximum atomic E-state index is 12.3. The lowest BCUT2D eigenvalue weighted by Gasteiger charge is -2.17. The lowest BCUT2D eigenvalue weighted by molar-refractivity contribution is -0.137. The Balaban J connectivity index is 2.39. The van der Waals surface area contributed by atoms with Crippen LogP contribution >= 0.6 is 0 Å². The summed E-state index contributed by atoms with van der Waals surface area (Å²) in [5.41, 5.74) is 1.35. The SMILES string of the molecule is FC(F)(F)c1ccc2c(c1)C[CH]CC2. The van der Waals surface area contributed by atoms with Gasteiger partial charge in [0.25, 0.3) is 0 Å². The second-order valence-electron chi connectivity index (χ2n) is 3.51. The highest BCUT2D eigenvalue weighted by Gasteiger charge is 2.31. The maximum Gasteiger partial charge on any atom is 0.416 e. The molecule has 0 N–H and O–H groups in total. The summed E-state index contributed by atoms with van der Waals surface area (Å²) < 4.78 is 37.0. The molecule has 0 nitrogen and oxygen atoms in total. The molecule has 0 amide bonds. The first kappa shape index (κ1) is 9.56. The molecule has 3 heteroatoms. The standard InChI is InChI=1S/C11H10F3/c12-11(13,14)10-6-5-8-3-1-2-4-9(8)7-10/h2,5-7H,1,3-4H2. The first-order chi connectivity index (χ1) is 6.57. The molecule has 2 rings (SSSR count). The number of rotatable bonds is 0. The van der Waals surface area contributed by atoms with Crippen molar-refractivity contribution in [3.63, 3.8) is 0 Å². The van der Waals surface area contributed by atoms with Crippen molar-refractivity contribution >= 4 is 0 Å². The lowest BCUT2D eigenvalue weighted by Crippen LogP contribution is -2.09. The zero-order valence-electron chi connectivity index (χ0n) is 7.56. The quantitative estimate of drug-likeness (QED) is 0.600. The molecule has 0 bridgehead atoms. The van der Waals surface area contributed by atoms with E-state index in [0.717, 1.165) is 24.0 Å². The van der Waals surface area contributed by atoms with E-state index in [1.165, 1.54) is 12.1 Å². The largest absolute Gasteiger partial charge is 0.416 e. The van der Waals surface area contributed by atoms with Crippen LogP contribution in [-0.4, -0.2) is 0 Å². The van der Waals surface area contributed by atoms with Gasteiger partial charge in [0, 0.05) is 0 Å². The van der Waals surface area contributed by atoms with Crippen molar-refractivity contribution in [1.29, 1.82) is 0 Å². The predicted octanol–water partition coefficient (Wildman–Crippen LogP) is 3.40. The summed E-state index contributed by atoms with van der Waals surface area (Å²) >= 11 is 0. The van der Waals surface area contributed by atoms with E-state index in [9.17, 15) is 13.2 Å². The minimum atomic E-state index is -4.22. The van der Waals surface area contributed by atoms with Gasteiger partial charge in [-0.2, -0.15) is 13.2 Å². The second kappa shape index (κ2) is 3.30. The molecule has 0 unspecified atom stereocenters. The van der Waals surface area contributed by atoms with Crippen LogP contribution in [0.15, 0.2) is 18.2 Å². The normalized spacial score (nSPS) is 16.5. The van der Waals surface area contributed by atoms with E-state index < -0.39 is 11.7 Å². The molecule has 0 aliphatic heterocycles. The predicted molar refractivity (Wildman–Crippen MR) is 47.8 cm³/mol. The van der Waals surface area contributed by atoms with Crippen molar-refractivity contribution in [2.24, 2.45) is 0 Å². The number of hydrogen-bond donors (Lipinski definition) is 0. The molecule has 1 aliphatic carbocycles. The Kier molecular flexibility index (Phi) is 2.25. The van der Waals surface area contributed by atoms with Crippen molar-refractivity contribution in [3.05, 3.63) is 41.3 Å². The molecular weight excluding hydrogens is 189 g/mol. The zero-order valence-corrected chi connectivity index (χ0v) is 7.56. The second-order valence-corrected chi connectivity index (χ2v) is 3.51. The molecule has 0 atom stereocenters. The van der Waals surface area contributed by atoms with Crippen LogP contribution in [0.4, 0.5) is 13.2 Å². The smallest absolute Gasteiger partial charge is 0.166 e. The third-order valence-electron chi connectivity index (χ3n) is 2.52. The third kappa shape index (κ3) is 1.76. The van der Waals surface area contributed by atoms with Gasteiger partial charge in [0.2, 0.25) is 0 Å². The first-order valence-electron chi connectivity index (χ1n) is 4.58. The minimum absolute atomic E-state index is 0.536. The Bertz CT molecular complexity index is 339. The Morgan fingerprint density at radius 2 is 1.86 bits per heavy atom. The van der Waals surface area contributed by atoms with E-state index in [4.69, 9.17) is 0 Å². The number of fused-ring (bicyclic) bond motifs is 1. The average molecular weight is 199 g/mol. The highest BCUT2D eigenvalue weighted by Crippen LogP contribution is 2.32. The van der Waals surface area contributed by atoms with Gasteiger partial charge in [0.05, 0.1) is 5.56 Å². The van der Waals surface area contributed by atoms with E-state index in [1.54, 1.807) is 6.07 Å². The Morgan fingerprint density at radius 3 is 2.57 bits per heavy atom. The summed E-state index contributed by atoms with van der Waals surface area (Å²) in [6, 6.07) is 4.04. The fourth-order valence-electron chi connectivity index (χ4n) is 1.75. The van der Waals surface area contributed by atoms with Crippen molar-refractivity contribution in [2.45, 2.75) is 25.4 Å². The van der Waals surface area contributed by atoms with Crippen LogP contribution in [0.3, 0.4) is 0 Å². The number of benzene rings is 1. The molecule has 1 aliphatic rings. The van der Waals surface area contributed by atoms with Crippen molar-refractivity contribution in [2.75, 3.05) is 0 Å². The van der Waals surface area contributed by atoms with E-state index in [-0.39, 0.29) is 0 Å². The van der Waals surface area contributed by atoms with E-state index in [1.807, 2.05) is 6.42 Å². The monoisotopic (exact) mass is 199 g/mol. The highest BCUT2D eigenvalue weighted by molar-refractivity contribution is 5.36. The summed E-state index contributed by atoms with van der Waals surface area (Å²) in [5.74, 6) is 0. The van der Waals surface area contributed by atoms with Crippen LogP contribution in [-0.2, 0) is 19.0 Å². The zero-order chi connectivity index (χ0) is 10.2. The van der Waals surface area contributed by atoms with Gasteiger partial charge in [0.1, 0.15) is 0 Å². The average Bonchev–Trinajstić information content (AvgIpc) is 2.16. The van der Waals surface area contributed by atoms with Gasteiger partial charge < -0.3 is 0 Å². The molecule has 1 aromatic carbocycles. The van der Waals surface area contributed by atoms with Gasteiger partial charge in [-0.1, -0.05) is 6.07 Å². The molecule has 0 spiro atoms. The molecule has 0 fully saturated rings. The van der Waals surface area contributed by atoms with Crippen LogP contribution in [0.2, 0.25) is 0 Å². The fourth-order valence-corrected chi connectivity index (χ4v) is 1.75.